The molecule has 0 saturated heterocycles. The van der Waals surface area contributed by atoms with Crippen LogP contribution >= 0.6 is 0 Å². The lowest BCUT2D eigenvalue weighted by atomic mass is 10.1. The van der Waals surface area contributed by atoms with Crippen LogP contribution in [0.3, 0.4) is 0 Å². The average Bonchev–Trinajstić information content (AvgIpc) is 2.64. The number of rotatable bonds is 4. The second-order valence-electron chi connectivity index (χ2n) is 6.04. The zero-order valence-electron chi connectivity index (χ0n) is 14.7. The van der Waals surface area contributed by atoms with Gasteiger partial charge in [0.1, 0.15) is 5.82 Å². The van der Waals surface area contributed by atoms with E-state index in [4.69, 9.17) is 4.74 Å². The summed E-state index contributed by atoms with van der Waals surface area (Å²) in [6, 6.07) is 12.6. The fraction of sp³-hybridized carbons (Fsp3) is 0.200. The molecule has 0 aliphatic carbocycles. The first-order valence-corrected chi connectivity index (χ1v) is 8.18. The van der Waals surface area contributed by atoms with Crippen LogP contribution in [-0.4, -0.2) is 16.7 Å². The minimum atomic E-state index is -4.57. The van der Waals surface area contributed by atoms with Crippen LogP contribution < -0.4 is 10.3 Å². The van der Waals surface area contributed by atoms with E-state index >= 15 is 0 Å². The minimum Gasteiger partial charge on any atom is -0.490 e. The van der Waals surface area contributed by atoms with E-state index in [1.165, 1.54) is 36.1 Å². The van der Waals surface area contributed by atoms with E-state index in [0.29, 0.717) is 0 Å². The van der Waals surface area contributed by atoms with Crippen molar-refractivity contribution < 1.29 is 17.9 Å². The van der Waals surface area contributed by atoms with Gasteiger partial charge in [-0.05, 0) is 24.1 Å². The third-order valence-electron chi connectivity index (χ3n) is 4.26. The second-order valence-corrected chi connectivity index (χ2v) is 6.04. The van der Waals surface area contributed by atoms with Crippen LogP contribution in [0.15, 0.2) is 59.5 Å². The van der Waals surface area contributed by atoms with E-state index in [0.717, 1.165) is 17.2 Å². The molecule has 0 saturated carbocycles. The van der Waals surface area contributed by atoms with Crippen LogP contribution in [0.5, 0.6) is 5.75 Å². The molecule has 140 valence electrons. The van der Waals surface area contributed by atoms with Gasteiger partial charge in [0.15, 0.2) is 0 Å². The SMILES string of the molecule is COc1cn(Cc2ccccc2C)c(-c2ccccc2C(F)(F)F)nc1=O. The third kappa shape index (κ3) is 3.86. The summed E-state index contributed by atoms with van der Waals surface area (Å²) >= 11 is 0. The highest BCUT2D eigenvalue weighted by molar-refractivity contribution is 5.62. The van der Waals surface area contributed by atoms with Crippen molar-refractivity contribution in [1.82, 2.24) is 9.55 Å². The molecule has 0 amide bonds. The molecule has 0 aliphatic rings. The summed E-state index contributed by atoms with van der Waals surface area (Å²) in [5.74, 6) is -0.0891. The molecule has 0 fully saturated rings. The predicted octanol–water partition coefficient (Wildman–Crippen LogP) is 4.29. The molecule has 27 heavy (non-hydrogen) atoms. The van der Waals surface area contributed by atoms with Gasteiger partial charge in [-0.1, -0.05) is 42.5 Å². The van der Waals surface area contributed by atoms with E-state index in [-0.39, 0.29) is 23.7 Å². The zero-order valence-corrected chi connectivity index (χ0v) is 14.7. The molecule has 1 heterocycles. The summed E-state index contributed by atoms with van der Waals surface area (Å²) in [5, 5.41) is 0. The van der Waals surface area contributed by atoms with Crippen molar-refractivity contribution in [2.45, 2.75) is 19.6 Å². The largest absolute Gasteiger partial charge is 0.490 e. The lowest BCUT2D eigenvalue weighted by Gasteiger charge is -2.18. The number of halogens is 3. The molecule has 4 nitrogen and oxygen atoms in total. The molecule has 0 atom stereocenters. The van der Waals surface area contributed by atoms with E-state index in [1.54, 1.807) is 0 Å². The molecule has 3 aromatic rings. The molecule has 0 N–H and O–H groups in total. The number of hydrogen-bond donors (Lipinski definition) is 0. The van der Waals surface area contributed by atoms with Crippen LogP contribution in [0.1, 0.15) is 16.7 Å². The fourth-order valence-electron chi connectivity index (χ4n) is 2.85. The minimum absolute atomic E-state index is 0.0307. The summed E-state index contributed by atoms with van der Waals surface area (Å²) in [7, 11) is 1.32. The van der Waals surface area contributed by atoms with Crippen LogP contribution in [0, 0.1) is 6.92 Å². The Bertz CT molecular complexity index is 1030. The Hall–Kier alpha value is -3.09. The van der Waals surface area contributed by atoms with Gasteiger partial charge in [0.25, 0.3) is 0 Å². The monoisotopic (exact) mass is 374 g/mol. The van der Waals surface area contributed by atoms with Crippen molar-refractivity contribution in [2.75, 3.05) is 7.11 Å². The molecule has 0 spiro atoms. The standard InChI is InChI=1S/C20H17F3N2O2/c1-13-7-3-4-8-14(13)11-25-12-17(27-2)19(26)24-18(25)15-9-5-6-10-16(15)20(21,22)23/h3-10,12H,11H2,1-2H3. The predicted molar refractivity (Wildman–Crippen MR) is 95.8 cm³/mol. The fourth-order valence-corrected chi connectivity index (χ4v) is 2.85. The normalized spacial score (nSPS) is 11.4. The number of hydrogen-bond acceptors (Lipinski definition) is 3. The van der Waals surface area contributed by atoms with E-state index in [2.05, 4.69) is 4.98 Å². The first-order valence-electron chi connectivity index (χ1n) is 8.18. The number of nitrogens with zero attached hydrogens (tertiary/aromatic N) is 2. The van der Waals surface area contributed by atoms with Gasteiger partial charge in [-0.25, -0.2) is 0 Å². The Morgan fingerprint density at radius 3 is 2.41 bits per heavy atom. The molecular weight excluding hydrogens is 357 g/mol. The first-order chi connectivity index (χ1) is 12.8. The van der Waals surface area contributed by atoms with Gasteiger partial charge in [0, 0.05) is 12.1 Å². The van der Waals surface area contributed by atoms with Gasteiger partial charge in [0.05, 0.1) is 18.9 Å². The van der Waals surface area contributed by atoms with Crippen molar-refractivity contribution in [1.29, 1.82) is 0 Å². The number of benzene rings is 2. The molecule has 0 bridgehead atoms. The Kier molecular flexibility index (Phi) is 5.03. The Balaban J connectivity index is 2.23. The molecule has 2 aromatic carbocycles. The van der Waals surface area contributed by atoms with Crippen molar-refractivity contribution >= 4 is 0 Å². The molecule has 0 aliphatic heterocycles. The second kappa shape index (κ2) is 7.26. The van der Waals surface area contributed by atoms with E-state index in [1.807, 2.05) is 31.2 Å². The van der Waals surface area contributed by atoms with Crippen molar-refractivity contribution in [3.63, 3.8) is 0 Å². The maximum atomic E-state index is 13.5. The molecular formula is C20H17F3N2O2. The van der Waals surface area contributed by atoms with E-state index in [9.17, 15) is 18.0 Å². The first kappa shape index (κ1) is 18.7. The molecule has 3 rings (SSSR count). The highest BCUT2D eigenvalue weighted by Crippen LogP contribution is 2.36. The van der Waals surface area contributed by atoms with Gasteiger partial charge in [-0.15, -0.1) is 0 Å². The number of methoxy groups -OCH3 is 1. The smallest absolute Gasteiger partial charge is 0.417 e. The summed E-state index contributed by atoms with van der Waals surface area (Å²) in [6.07, 6.45) is -3.17. The van der Waals surface area contributed by atoms with Gasteiger partial charge < -0.3 is 9.30 Å². The van der Waals surface area contributed by atoms with Crippen molar-refractivity contribution in [3.05, 3.63) is 81.8 Å². The quantitative estimate of drug-likeness (QED) is 0.684. The van der Waals surface area contributed by atoms with Crippen LogP contribution in [0.4, 0.5) is 13.2 Å². The zero-order chi connectivity index (χ0) is 19.6. The van der Waals surface area contributed by atoms with Gasteiger partial charge in [0.2, 0.25) is 5.75 Å². The number of alkyl halides is 3. The molecule has 0 radical (unpaired) electrons. The molecule has 7 heteroatoms. The maximum Gasteiger partial charge on any atom is 0.417 e. The van der Waals surface area contributed by atoms with E-state index < -0.39 is 17.3 Å². The van der Waals surface area contributed by atoms with Crippen LogP contribution in [0.25, 0.3) is 11.4 Å². The van der Waals surface area contributed by atoms with Crippen LogP contribution in [0.2, 0.25) is 0 Å². The Morgan fingerprint density at radius 1 is 1.07 bits per heavy atom. The third-order valence-corrected chi connectivity index (χ3v) is 4.26. The highest BCUT2D eigenvalue weighted by atomic mass is 19.4. The number of ether oxygens (including phenoxy) is 1. The molecule has 1 aromatic heterocycles. The van der Waals surface area contributed by atoms with Gasteiger partial charge in [-0.2, -0.15) is 18.2 Å². The summed E-state index contributed by atoms with van der Waals surface area (Å²) < 4.78 is 46.9. The lowest BCUT2D eigenvalue weighted by molar-refractivity contribution is -0.137. The summed E-state index contributed by atoms with van der Waals surface area (Å²) in [5.41, 5.74) is 0.158. The topological polar surface area (TPSA) is 44.1 Å². The van der Waals surface area contributed by atoms with Crippen molar-refractivity contribution in [2.24, 2.45) is 0 Å². The van der Waals surface area contributed by atoms with Crippen LogP contribution in [-0.2, 0) is 12.7 Å². The summed E-state index contributed by atoms with van der Waals surface area (Å²) in [4.78, 5) is 16.0. The maximum absolute atomic E-state index is 13.5. The summed E-state index contributed by atoms with van der Waals surface area (Å²) in [6.45, 7) is 2.16. The number of aromatic nitrogens is 2. The van der Waals surface area contributed by atoms with Crippen molar-refractivity contribution in [3.8, 4) is 17.1 Å². The Morgan fingerprint density at radius 2 is 1.74 bits per heavy atom. The average molecular weight is 374 g/mol. The highest BCUT2D eigenvalue weighted by Gasteiger charge is 2.34. The van der Waals surface area contributed by atoms with Gasteiger partial charge >= 0.3 is 11.7 Å². The lowest BCUT2D eigenvalue weighted by Crippen LogP contribution is -2.19. The molecule has 0 unspecified atom stereocenters. The number of aryl methyl sites for hydroxylation is 1. The van der Waals surface area contributed by atoms with Gasteiger partial charge in [-0.3, -0.25) is 4.79 Å². The Labute approximate surface area is 153 Å².